The van der Waals surface area contributed by atoms with Gasteiger partial charge in [0.1, 0.15) is 0 Å². The van der Waals surface area contributed by atoms with Crippen LogP contribution in [0.5, 0.6) is 0 Å². The Balaban J connectivity index is 1.41. The van der Waals surface area contributed by atoms with Crippen LogP contribution in [-0.2, 0) is 0 Å². The zero-order valence-corrected chi connectivity index (χ0v) is 12.6. The van der Waals surface area contributed by atoms with Crippen molar-refractivity contribution in [3.05, 3.63) is 59.7 Å². The molecule has 1 aliphatic heterocycles. The van der Waals surface area contributed by atoms with Gasteiger partial charge in [-0.2, -0.15) is 4.98 Å². The summed E-state index contributed by atoms with van der Waals surface area (Å²) in [7, 11) is 0. The van der Waals surface area contributed by atoms with Gasteiger partial charge in [0, 0.05) is 18.7 Å². The minimum Gasteiger partial charge on any atom is -0.461 e. The van der Waals surface area contributed by atoms with Crippen LogP contribution in [0.1, 0.15) is 27.7 Å². The average Bonchev–Trinajstić information content (AvgIpc) is 3.17. The third kappa shape index (κ3) is 2.52. The van der Waals surface area contributed by atoms with Crippen molar-refractivity contribution >= 4 is 5.91 Å². The summed E-state index contributed by atoms with van der Waals surface area (Å²) >= 11 is 0. The fourth-order valence-electron chi connectivity index (χ4n) is 2.59. The summed E-state index contributed by atoms with van der Waals surface area (Å²) in [4.78, 5) is 18.5. The molecule has 1 fully saturated rings. The second-order valence-corrected chi connectivity index (χ2v) is 5.71. The lowest BCUT2D eigenvalue weighted by Gasteiger charge is -2.37. The van der Waals surface area contributed by atoms with Gasteiger partial charge in [-0.25, -0.2) is 0 Å². The van der Waals surface area contributed by atoms with Crippen molar-refractivity contribution in [3.63, 3.8) is 0 Å². The molecule has 0 N–H and O–H groups in total. The number of likely N-dealkylation sites (tertiary alicyclic amines) is 1. The summed E-state index contributed by atoms with van der Waals surface area (Å²) in [6.07, 6.45) is 1.57. The van der Waals surface area contributed by atoms with Gasteiger partial charge in [-0.1, -0.05) is 22.9 Å². The number of carbonyl (C=O) groups is 1. The van der Waals surface area contributed by atoms with Crippen LogP contribution < -0.4 is 0 Å². The standard InChI is InChI=1S/C17H15N3O3/c1-11-4-6-12(7-5-11)17(21)20-9-13(10-20)16-18-15(19-23-16)14-3-2-8-22-14/h2-8,13H,9-10H2,1H3. The van der Waals surface area contributed by atoms with E-state index >= 15 is 0 Å². The van der Waals surface area contributed by atoms with E-state index in [2.05, 4.69) is 10.1 Å². The smallest absolute Gasteiger partial charge is 0.253 e. The molecule has 0 saturated carbocycles. The third-order valence-corrected chi connectivity index (χ3v) is 4.00. The Labute approximate surface area is 132 Å². The maximum absolute atomic E-state index is 12.4. The van der Waals surface area contributed by atoms with Crippen LogP contribution in [0.25, 0.3) is 11.6 Å². The van der Waals surface area contributed by atoms with Crippen LogP contribution in [-0.4, -0.2) is 34.0 Å². The van der Waals surface area contributed by atoms with Crippen LogP contribution >= 0.6 is 0 Å². The average molecular weight is 309 g/mol. The predicted octanol–water partition coefficient (Wildman–Crippen LogP) is 2.88. The number of hydrogen-bond acceptors (Lipinski definition) is 5. The van der Waals surface area contributed by atoms with Crippen molar-refractivity contribution in [2.75, 3.05) is 13.1 Å². The number of rotatable bonds is 3. The molecule has 23 heavy (non-hydrogen) atoms. The summed E-state index contributed by atoms with van der Waals surface area (Å²) in [5.41, 5.74) is 1.84. The lowest BCUT2D eigenvalue weighted by Crippen LogP contribution is -2.48. The summed E-state index contributed by atoms with van der Waals surface area (Å²) in [5, 5.41) is 3.92. The number of hydrogen-bond donors (Lipinski definition) is 0. The fraction of sp³-hybridized carbons (Fsp3) is 0.235. The summed E-state index contributed by atoms with van der Waals surface area (Å²) < 4.78 is 10.5. The number of benzene rings is 1. The van der Waals surface area contributed by atoms with E-state index in [1.165, 1.54) is 0 Å². The Morgan fingerprint density at radius 3 is 2.70 bits per heavy atom. The summed E-state index contributed by atoms with van der Waals surface area (Å²) in [6, 6.07) is 11.1. The molecule has 0 unspecified atom stereocenters. The lowest BCUT2D eigenvalue weighted by molar-refractivity contribution is 0.0569. The molecule has 6 nitrogen and oxygen atoms in total. The van der Waals surface area contributed by atoms with E-state index in [-0.39, 0.29) is 11.8 Å². The number of aryl methyl sites for hydroxylation is 1. The molecule has 1 saturated heterocycles. The van der Waals surface area contributed by atoms with Crippen LogP contribution in [0.15, 0.2) is 51.6 Å². The first kappa shape index (κ1) is 13.8. The monoisotopic (exact) mass is 309 g/mol. The van der Waals surface area contributed by atoms with Crippen molar-refractivity contribution < 1.29 is 13.7 Å². The lowest BCUT2D eigenvalue weighted by atomic mass is 9.98. The van der Waals surface area contributed by atoms with Crippen LogP contribution in [0, 0.1) is 6.92 Å². The van der Waals surface area contributed by atoms with Gasteiger partial charge >= 0.3 is 0 Å². The van der Waals surface area contributed by atoms with E-state index in [4.69, 9.17) is 8.94 Å². The first-order valence-corrected chi connectivity index (χ1v) is 7.44. The Bertz CT molecular complexity index is 815. The summed E-state index contributed by atoms with van der Waals surface area (Å²) in [6.45, 7) is 3.18. The van der Waals surface area contributed by atoms with Gasteiger partial charge in [0.25, 0.3) is 5.91 Å². The highest BCUT2D eigenvalue weighted by atomic mass is 16.5. The molecule has 2 aromatic heterocycles. The van der Waals surface area contributed by atoms with E-state index in [9.17, 15) is 4.79 Å². The Kier molecular flexibility index (Phi) is 3.22. The molecule has 3 heterocycles. The van der Waals surface area contributed by atoms with Gasteiger partial charge < -0.3 is 13.8 Å². The molecule has 0 bridgehead atoms. The molecule has 0 aliphatic carbocycles. The first-order chi connectivity index (χ1) is 11.2. The minimum absolute atomic E-state index is 0.0343. The molecule has 6 heteroatoms. The van der Waals surface area contributed by atoms with Gasteiger partial charge in [0.15, 0.2) is 5.76 Å². The maximum atomic E-state index is 12.4. The molecule has 3 aromatic rings. The first-order valence-electron chi connectivity index (χ1n) is 7.44. The number of amides is 1. The molecule has 1 amide bonds. The summed E-state index contributed by atoms with van der Waals surface area (Å²) in [5.74, 6) is 1.68. The van der Waals surface area contributed by atoms with E-state index in [0.29, 0.717) is 36.1 Å². The Hall–Kier alpha value is -2.89. The zero-order chi connectivity index (χ0) is 15.8. The van der Waals surface area contributed by atoms with Crippen LogP contribution in [0.2, 0.25) is 0 Å². The van der Waals surface area contributed by atoms with Gasteiger partial charge in [-0.05, 0) is 31.2 Å². The molecule has 4 rings (SSSR count). The van der Waals surface area contributed by atoms with Crippen molar-refractivity contribution in [2.45, 2.75) is 12.8 Å². The van der Waals surface area contributed by atoms with E-state index in [0.717, 1.165) is 5.56 Å². The van der Waals surface area contributed by atoms with Crippen molar-refractivity contribution in [1.29, 1.82) is 0 Å². The Morgan fingerprint density at radius 1 is 1.22 bits per heavy atom. The van der Waals surface area contributed by atoms with Crippen molar-refractivity contribution in [2.24, 2.45) is 0 Å². The highest BCUT2D eigenvalue weighted by molar-refractivity contribution is 5.94. The van der Waals surface area contributed by atoms with Gasteiger partial charge in [0.05, 0.1) is 12.2 Å². The van der Waals surface area contributed by atoms with Gasteiger partial charge in [0.2, 0.25) is 11.7 Å². The highest BCUT2D eigenvalue weighted by Gasteiger charge is 2.36. The number of carbonyl (C=O) groups excluding carboxylic acids is 1. The molecule has 0 spiro atoms. The molecular formula is C17H15N3O3. The normalized spacial score (nSPS) is 14.7. The quantitative estimate of drug-likeness (QED) is 0.744. The SMILES string of the molecule is Cc1ccc(C(=O)N2CC(c3nc(-c4ccco4)no3)C2)cc1. The fourth-order valence-corrected chi connectivity index (χ4v) is 2.59. The highest BCUT2D eigenvalue weighted by Crippen LogP contribution is 2.28. The van der Waals surface area contributed by atoms with Gasteiger partial charge in [-0.15, -0.1) is 0 Å². The van der Waals surface area contributed by atoms with Crippen LogP contribution in [0.4, 0.5) is 0 Å². The van der Waals surface area contributed by atoms with Gasteiger partial charge in [-0.3, -0.25) is 4.79 Å². The molecule has 1 aliphatic rings. The van der Waals surface area contributed by atoms with E-state index < -0.39 is 0 Å². The largest absolute Gasteiger partial charge is 0.461 e. The molecule has 116 valence electrons. The molecular weight excluding hydrogens is 294 g/mol. The van der Waals surface area contributed by atoms with E-state index in [1.54, 1.807) is 23.3 Å². The second kappa shape index (κ2) is 5.39. The minimum atomic E-state index is 0.0343. The topological polar surface area (TPSA) is 72.4 Å². The van der Waals surface area contributed by atoms with Crippen molar-refractivity contribution in [3.8, 4) is 11.6 Å². The van der Waals surface area contributed by atoms with Crippen LogP contribution in [0.3, 0.4) is 0 Å². The number of nitrogens with zero attached hydrogens (tertiary/aromatic N) is 3. The molecule has 0 radical (unpaired) electrons. The Morgan fingerprint density at radius 2 is 2.00 bits per heavy atom. The molecule has 0 atom stereocenters. The maximum Gasteiger partial charge on any atom is 0.253 e. The second-order valence-electron chi connectivity index (χ2n) is 5.71. The number of aromatic nitrogens is 2. The van der Waals surface area contributed by atoms with E-state index in [1.807, 2.05) is 31.2 Å². The zero-order valence-electron chi connectivity index (χ0n) is 12.6. The predicted molar refractivity (Wildman–Crippen MR) is 81.8 cm³/mol. The molecule has 1 aromatic carbocycles. The number of furan rings is 1. The van der Waals surface area contributed by atoms with Crippen molar-refractivity contribution in [1.82, 2.24) is 15.0 Å². The third-order valence-electron chi connectivity index (χ3n) is 4.00.